The number of amides is 2. The fourth-order valence-corrected chi connectivity index (χ4v) is 5.36. The molecule has 4 aromatic rings. The minimum Gasteiger partial charge on any atom is -0.419 e. The van der Waals surface area contributed by atoms with Crippen LogP contribution >= 0.6 is 23.3 Å². The van der Waals surface area contributed by atoms with Gasteiger partial charge in [-0.15, -0.1) is 21.5 Å². The molecule has 39 heavy (non-hydrogen) atoms. The quantitative estimate of drug-likeness (QED) is 0.299. The van der Waals surface area contributed by atoms with Gasteiger partial charge in [0.15, 0.2) is 0 Å². The van der Waals surface area contributed by atoms with Gasteiger partial charge in [0.1, 0.15) is 16.4 Å². The molecule has 4 heterocycles. The van der Waals surface area contributed by atoms with Gasteiger partial charge < -0.3 is 15.1 Å². The fourth-order valence-electron chi connectivity index (χ4n) is 4.31. The van der Waals surface area contributed by atoms with Gasteiger partial charge in [-0.05, 0) is 49.6 Å². The van der Waals surface area contributed by atoms with Crippen LogP contribution in [0.4, 0.5) is 0 Å². The van der Waals surface area contributed by atoms with E-state index < -0.39 is 5.91 Å². The lowest BCUT2D eigenvalue weighted by molar-refractivity contribution is 0.0735. The lowest BCUT2D eigenvalue weighted by Crippen LogP contribution is -2.31. The normalized spacial score (nSPS) is 14.6. The molecule has 1 aromatic carbocycles. The predicted octanol–water partition coefficient (Wildman–Crippen LogP) is 4.24. The Morgan fingerprint density at radius 2 is 1.92 bits per heavy atom. The average molecular weight is 566 g/mol. The van der Waals surface area contributed by atoms with Crippen molar-refractivity contribution in [3.05, 3.63) is 81.3 Å². The summed E-state index contributed by atoms with van der Waals surface area (Å²) in [5, 5.41) is 16.0. The van der Waals surface area contributed by atoms with Crippen LogP contribution in [0.3, 0.4) is 0 Å². The summed E-state index contributed by atoms with van der Waals surface area (Å²) >= 11 is 2.83. The van der Waals surface area contributed by atoms with Crippen molar-refractivity contribution in [1.82, 2.24) is 25.1 Å². The van der Waals surface area contributed by atoms with Crippen LogP contribution < -0.4 is 10.9 Å². The zero-order valence-electron chi connectivity index (χ0n) is 21.9. The molecule has 1 unspecified atom stereocenters. The van der Waals surface area contributed by atoms with E-state index in [1.807, 2.05) is 42.0 Å². The van der Waals surface area contributed by atoms with Gasteiger partial charge in [-0.2, -0.15) is 0 Å². The summed E-state index contributed by atoms with van der Waals surface area (Å²) in [6, 6.07) is 12.9. The number of carbonyl (C=O) groups is 2. The van der Waals surface area contributed by atoms with Crippen molar-refractivity contribution < 1.29 is 14.0 Å². The number of nitrogens with two attached hydrogens (primary N) is 2. The Kier molecular flexibility index (Phi) is 9.79. The molecule has 1 atom stereocenters. The Bertz CT molecular complexity index is 1410. The average Bonchev–Trinajstić information content (AvgIpc) is 3.73. The van der Waals surface area contributed by atoms with Crippen LogP contribution in [0.1, 0.15) is 68.8 Å². The Labute approximate surface area is 235 Å². The third-order valence-electron chi connectivity index (χ3n) is 6.21. The molecule has 3 aromatic heterocycles. The number of aryl methyl sites for hydroxylation is 3. The lowest BCUT2D eigenvalue weighted by Gasteiger charge is -2.23. The number of carbonyl (C=O) groups excluding carboxylic acids is 2. The van der Waals surface area contributed by atoms with Crippen LogP contribution in [0.15, 0.2) is 52.3 Å². The number of benzene rings is 1. The van der Waals surface area contributed by atoms with E-state index in [-0.39, 0.29) is 29.2 Å². The first-order chi connectivity index (χ1) is 18.9. The van der Waals surface area contributed by atoms with Gasteiger partial charge in [0, 0.05) is 23.9 Å². The molecule has 1 saturated heterocycles. The van der Waals surface area contributed by atoms with Crippen LogP contribution in [0, 0.1) is 0 Å². The van der Waals surface area contributed by atoms with E-state index in [2.05, 4.69) is 22.1 Å². The van der Waals surface area contributed by atoms with E-state index in [1.54, 1.807) is 22.3 Å². The largest absolute Gasteiger partial charge is 0.419 e. The van der Waals surface area contributed by atoms with Gasteiger partial charge in [-0.25, -0.2) is 9.97 Å². The monoisotopic (exact) mass is 565 g/mol. The Morgan fingerprint density at radius 3 is 2.62 bits per heavy atom. The first kappa shape index (κ1) is 28.4. The molecule has 0 saturated carbocycles. The van der Waals surface area contributed by atoms with E-state index >= 15 is 0 Å². The van der Waals surface area contributed by atoms with Crippen LogP contribution in [-0.2, 0) is 19.3 Å². The highest BCUT2D eigenvalue weighted by Crippen LogP contribution is 2.35. The van der Waals surface area contributed by atoms with Gasteiger partial charge >= 0.3 is 0 Å². The molecule has 0 aliphatic carbocycles. The number of likely N-dealkylation sites (tertiary alicyclic amines) is 1. The molecule has 1 aliphatic rings. The number of primary amides is 1. The number of aromatic nitrogens is 4. The highest BCUT2D eigenvalue weighted by atomic mass is 32.2. The second-order valence-corrected chi connectivity index (χ2v) is 10.3. The maximum atomic E-state index is 13.6. The van der Waals surface area contributed by atoms with E-state index in [0.717, 1.165) is 41.9 Å². The van der Waals surface area contributed by atoms with Gasteiger partial charge in [-0.1, -0.05) is 49.2 Å². The molecule has 12 heteroatoms. The lowest BCUT2D eigenvalue weighted by atomic mass is 10.1. The number of thiazole rings is 1. The van der Waals surface area contributed by atoms with Crippen molar-refractivity contribution in [2.45, 2.75) is 45.1 Å². The third kappa shape index (κ3) is 7.08. The number of pyridine rings is 1. The SMILES string of the molecule is CCc1csc(C2CCCN2C(=O)c2cc(C(N)=O)nc(-c3nnc(CCc4ccccc4)o3)c2)n1.CSN. The minimum atomic E-state index is -0.736. The summed E-state index contributed by atoms with van der Waals surface area (Å²) < 4.78 is 5.82. The van der Waals surface area contributed by atoms with Crippen molar-refractivity contribution in [1.29, 1.82) is 0 Å². The highest BCUT2D eigenvalue weighted by molar-refractivity contribution is 7.96. The number of rotatable bonds is 8. The van der Waals surface area contributed by atoms with E-state index in [0.29, 0.717) is 24.4 Å². The maximum absolute atomic E-state index is 13.6. The van der Waals surface area contributed by atoms with E-state index in [4.69, 9.17) is 20.3 Å². The molecular weight excluding hydrogens is 534 g/mol. The summed E-state index contributed by atoms with van der Waals surface area (Å²) in [6.07, 6.45) is 5.70. The van der Waals surface area contributed by atoms with Crippen LogP contribution in [-0.4, -0.2) is 49.7 Å². The summed E-state index contributed by atoms with van der Waals surface area (Å²) in [6.45, 7) is 2.67. The molecule has 2 amide bonds. The van der Waals surface area contributed by atoms with Crippen molar-refractivity contribution in [3.63, 3.8) is 0 Å². The first-order valence-corrected chi connectivity index (χ1v) is 14.8. The molecule has 5 rings (SSSR count). The zero-order chi connectivity index (χ0) is 27.8. The minimum absolute atomic E-state index is 0.0295. The standard InChI is InChI=1S/C26H26N6O3S.CH5NS/c1-2-18-15-36-25(28-18)21-9-6-12-32(21)26(34)17-13-19(23(27)33)29-20(14-17)24-31-30-22(35-24)11-10-16-7-4-3-5-8-16;1-3-2/h3-5,7-8,13-15,21H,2,6,9-12H2,1H3,(H2,27,33);2H2,1H3. The number of nitrogens with zero attached hydrogens (tertiary/aromatic N) is 5. The van der Waals surface area contributed by atoms with Crippen LogP contribution in [0.25, 0.3) is 11.6 Å². The summed E-state index contributed by atoms with van der Waals surface area (Å²) in [5.41, 5.74) is 8.23. The predicted molar refractivity (Wildman–Crippen MR) is 152 cm³/mol. The Hall–Kier alpha value is -3.61. The van der Waals surface area contributed by atoms with Crippen molar-refractivity contribution in [2.75, 3.05) is 12.8 Å². The summed E-state index contributed by atoms with van der Waals surface area (Å²) in [4.78, 5) is 36.4. The van der Waals surface area contributed by atoms with E-state index in [9.17, 15) is 9.59 Å². The second-order valence-electron chi connectivity index (χ2n) is 8.90. The Morgan fingerprint density at radius 1 is 1.15 bits per heavy atom. The van der Waals surface area contributed by atoms with Gasteiger partial charge in [0.25, 0.3) is 17.7 Å². The zero-order valence-corrected chi connectivity index (χ0v) is 23.5. The topological polar surface area (TPSA) is 154 Å². The van der Waals surface area contributed by atoms with Gasteiger partial charge in [-0.3, -0.25) is 14.7 Å². The molecule has 204 valence electrons. The smallest absolute Gasteiger partial charge is 0.267 e. The second kappa shape index (κ2) is 13.5. The molecule has 0 bridgehead atoms. The molecule has 0 radical (unpaired) electrons. The van der Waals surface area contributed by atoms with Crippen molar-refractivity contribution in [2.24, 2.45) is 10.9 Å². The third-order valence-corrected chi connectivity index (χ3v) is 7.21. The summed E-state index contributed by atoms with van der Waals surface area (Å²) in [5.74, 6) is -0.357. The summed E-state index contributed by atoms with van der Waals surface area (Å²) in [7, 11) is 0. The molecule has 0 spiro atoms. The first-order valence-electron chi connectivity index (χ1n) is 12.6. The molecule has 1 aliphatic heterocycles. The highest BCUT2D eigenvalue weighted by Gasteiger charge is 2.33. The Balaban J connectivity index is 0.00000112. The number of hydrogen-bond donors (Lipinski definition) is 2. The molecule has 1 fully saturated rings. The molecule has 10 nitrogen and oxygen atoms in total. The fraction of sp³-hybridized carbons (Fsp3) is 0.333. The maximum Gasteiger partial charge on any atom is 0.267 e. The molecule has 4 N–H and O–H groups in total. The van der Waals surface area contributed by atoms with E-state index in [1.165, 1.54) is 18.0 Å². The van der Waals surface area contributed by atoms with Gasteiger partial charge in [0.2, 0.25) is 5.89 Å². The van der Waals surface area contributed by atoms with Crippen LogP contribution in [0.2, 0.25) is 0 Å². The number of hydrogen-bond acceptors (Lipinski definition) is 10. The van der Waals surface area contributed by atoms with Gasteiger partial charge in [0.05, 0.1) is 11.7 Å². The molecular formula is C27H31N7O3S2. The van der Waals surface area contributed by atoms with Crippen molar-refractivity contribution in [3.8, 4) is 11.6 Å². The van der Waals surface area contributed by atoms with Crippen molar-refractivity contribution >= 4 is 35.1 Å². The van der Waals surface area contributed by atoms with Crippen LogP contribution in [0.5, 0.6) is 0 Å².